The zero-order chi connectivity index (χ0) is 12.3. The summed E-state index contributed by atoms with van der Waals surface area (Å²) in [6.45, 7) is 2.55. The molecule has 1 aromatic rings. The van der Waals surface area contributed by atoms with E-state index in [1.807, 2.05) is 13.0 Å². The van der Waals surface area contributed by atoms with Gasteiger partial charge in [-0.05, 0) is 28.9 Å². The van der Waals surface area contributed by atoms with Gasteiger partial charge in [0.25, 0.3) is 5.69 Å². The first-order chi connectivity index (χ1) is 7.51. The van der Waals surface area contributed by atoms with Gasteiger partial charge in [0.1, 0.15) is 11.8 Å². The molecule has 1 rings (SSSR count). The lowest BCUT2D eigenvalue weighted by Gasteiger charge is -2.17. The molecule has 0 fully saturated rings. The summed E-state index contributed by atoms with van der Waals surface area (Å²) >= 11 is 3.22. The summed E-state index contributed by atoms with van der Waals surface area (Å²) in [4.78, 5) is 12.2. The fourth-order valence-electron chi connectivity index (χ4n) is 1.26. The molecule has 0 aliphatic rings. The molecule has 0 amide bonds. The number of benzene rings is 1. The largest absolute Gasteiger partial charge is 0.369 e. The SMILES string of the molecule is CCN(C)c1cc(Br)c(C#N)cc1[N+](=O)[O-]. The maximum absolute atomic E-state index is 10.9. The van der Waals surface area contributed by atoms with Gasteiger partial charge in [-0.25, -0.2) is 0 Å². The summed E-state index contributed by atoms with van der Waals surface area (Å²) in [5, 5.41) is 19.7. The second kappa shape index (κ2) is 4.94. The van der Waals surface area contributed by atoms with Crippen LogP contribution in [-0.2, 0) is 0 Å². The number of nitriles is 1. The van der Waals surface area contributed by atoms with Crippen LogP contribution in [0, 0.1) is 21.4 Å². The number of hydrogen-bond acceptors (Lipinski definition) is 4. The lowest BCUT2D eigenvalue weighted by molar-refractivity contribution is -0.384. The molecule has 6 heteroatoms. The number of nitro benzene ring substituents is 1. The summed E-state index contributed by atoms with van der Waals surface area (Å²) in [5.41, 5.74) is 0.711. The number of nitrogens with zero attached hydrogens (tertiary/aromatic N) is 3. The molecule has 0 atom stereocenters. The van der Waals surface area contributed by atoms with Crippen molar-refractivity contribution in [2.24, 2.45) is 0 Å². The molecule has 0 heterocycles. The Balaban J connectivity index is 3.43. The molecule has 0 saturated carbocycles. The van der Waals surface area contributed by atoms with Crippen LogP contribution in [-0.4, -0.2) is 18.5 Å². The van der Waals surface area contributed by atoms with Crippen molar-refractivity contribution in [2.45, 2.75) is 6.92 Å². The summed E-state index contributed by atoms with van der Waals surface area (Å²) < 4.78 is 0.566. The van der Waals surface area contributed by atoms with Gasteiger partial charge in [0, 0.05) is 24.1 Å². The monoisotopic (exact) mass is 283 g/mol. The molecule has 0 radical (unpaired) electrons. The summed E-state index contributed by atoms with van der Waals surface area (Å²) in [6, 6.07) is 4.79. The normalized spacial score (nSPS) is 9.62. The van der Waals surface area contributed by atoms with Gasteiger partial charge in [0.2, 0.25) is 0 Å². The predicted molar refractivity (Wildman–Crippen MR) is 64.5 cm³/mol. The van der Waals surface area contributed by atoms with Crippen LogP contribution >= 0.6 is 15.9 Å². The van der Waals surface area contributed by atoms with E-state index in [-0.39, 0.29) is 11.3 Å². The molecule has 0 bridgehead atoms. The van der Waals surface area contributed by atoms with Crippen molar-refractivity contribution in [1.29, 1.82) is 5.26 Å². The third-order valence-electron chi connectivity index (χ3n) is 2.27. The van der Waals surface area contributed by atoms with E-state index < -0.39 is 4.92 Å². The van der Waals surface area contributed by atoms with E-state index in [9.17, 15) is 10.1 Å². The topological polar surface area (TPSA) is 70.2 Å². The summed E-state index contributed by atoms with van der Waals surface area (Å²) in [5.74, 6) is 0. The molecule has 0 N–H and O–H groups in total. The second-order valence-electron chi connectivity index (χ2n) is 3.20. The van der Waals surface area contributed by atoms with Crippen LogP contribution in [0.3, 0.4) is 0 Å². The van der Waals surface area contributed by atoms with Crippen LogP contribution in [0.15, 0.2) is 16.6 Å². The number of halogens is 1. The van der Waals surface area contributed by atoms with E-state index in [0.717, 1.165) is 0 Å². The van der Waals surface area contributed by atoms with Crippen molar-refractivity contribution >= 4 is 27.3 Å². The fourth-order valence-corrected chi connectivity index (χ4v) is 1.68. The van der Waals surface area contributed by atoms with Crippen molar-refractivity contribution < 1.29 is 4.92 Å². The quantitative estimate of drug-likeness (QED) is 0.632. The maximum atomic E-state index is 10.9. The van der Waals surface area contributed by atoms with Crippen LogP contribution < -0.4 is 4.90 Å². The lowest BCUT2D eigenvalue weighted by atomic mass is 10.2. The van der Waals surface area contributed by atoms with Crippen molar-refractivity contribution in [2.75, 3.05) is 18.5 Å². The Kier molecular flexibility index (Phi) is 3.85. The predicted octanol–water partition coefficient (Wildman–Crippen LogP) is 2.69. The first-order valence-electron chi connectivity index (χ1n) is 4.60. The molecule has 0 aliphatic heterocycles. The minimum absolute atomic E-state index is 0.0518. The van der Waals surface area contributed by atoms with Crippen molar-refractivity contribution in [3.05, 3.63) is 32.3 Å². The maximum Gasteiger partial charge on any atom is 0.293 e. The number of hydrogen-bond donors (Lipinski definition) is 0. The van der Waals surface area contributed by atoms with Gasteiger partial charge in [0.05, 0.1) is 10.5 Å². The van der Waals surface area contributed by atoms with Crippen LogP contribution in [0.2, 0.25) is 0 Å². The molecule has 5 nitrogen and oxygen atoms in total. The van der Waals surface area contributed by atoms with Gasteiger partial charge in [0.15, 0.2) is 0 Å². The Labute approximate surface area is 102 Å². The summed E-state index contributed by atoms with van der Waals surface area (Å²) in [7, 11) is 1.76. The van der Waals surface area contributed by atoms with E-state index in [2.05, 4.69) is 15.9 Å². The first kappa shape index (κ1) is 12.5. The van der Waals surface area contributed by atoms with Crippen LogP contribution in [0.4, 0.5) is 11.4 Å². The van der Waals surface area contributed by atoms with Crippen LogP contribution in [0.5, 0.6) is 0 Å². The van der Waals surface area contributed by atoms with E-state index >= 15 is 0 Å². The first-order valence-corrected chi connectivity index (χ1v) is 5.39. The molecule has 0 saturated heterocycles. The van der Waals surface area contributed by atoms with Crippen LogP contribution in [0.25, 0.3) is 0 Å². The number of rotatable bonds is 3. The highest BCUT2D eigenvalue weighted by Gasteiger charge is 2.19. The summed E-state index contributed by atoms with van der Waals surface area (Å²) in [6.07, 6.45) is 0. The van der Waals surface area contributed by atoms with Gasteiger partial charge in [-0.15, -0.1) is 0 Å². The third-order valence-corrected chi connectivity index (χ3v) is 2.92. The standard InChI is InChI=1S/C10H10BrN3O2/c1-3-13(2)9-5-8(11)7(6-12)4-10(9)14(15)16/h4-5H,3H2,1-2H3. The van der Waals surface area contributed by atoms with Gasteiger partial charge in [-0.2, -0.15) is 5.26 Å². The molecule has 0 aromatic heterocycles. The van der Waals surface area contributed by atoms with Gasteiger partial charge in [-0.3, -0.25) is 10.1 Å². The molecule has 16 heavy (non-hydrogen) atoms. The van der Waals surface area contributed by atoms with Crippen molar-refractivity contribution in [3.63, 3.8) is 0 Å². The molecular formula is C10H10BrN3O2. The lowest BCUT2D eigenvalue weighted by Crippen LogP contribution is -2.17. The Morgan fingerprint density at radius 3 is 2.69 bits per heavy atom. The minimum atomic E-state index is -0.477. The Hall–Kier alpha value is -1.61. The highest BCUT2D eigenvalue weighted by Crippen LogP contribution is 2.33. The van der Waals surface area contributed by atoms with E-state index in [4.69, 9.17) is 5.26 Å². The average molecular weight is 284 g/mol. The zero-order valence-corrected chi connectivity index (χ0v) is 10.5. The number of nitro groups is 1. The second-order valence-corrected chi connectivity index (χ2v) is 4.06. The highest BCUT2D eigenvalue weighted by atomic mass is 79.9. The molecule has 0 aliphatic carbocycles. The van der Waals surface area contributed by atoms with E-state index in [0.29, 0.717) is 16.7 Å². The Bertz CT molecular complexity index is 468. The van der Waals surface area contributed by atoms with Crippen molar-refractivity contribution in [1.82, 2.24) is 0 Å². The van der Waals surface area contributed by atoms with E-state index in [1.165, 1.54) is 6.07 Å². The molecule has 0 spiro atoms. The van der Waals surface area contributed by atoms with Gasteiger partial charge in [-0.1, -0.05) is 0 Å². The van der Waals surface area contributed by atoms with E-state index in [1.54, 1.807) is 18.0 Å². The van der Waals surface area contributed by atoms with Crippen molar-refractivity contribution in [3.8, 4) is 6.07 Å². The molecular weight excluding hydrogens is 274 g/mol. The Morgan fingerprint density at radius 2 is 2.25 bits per heavy atom. The van der Waals surface area contributed by atoms with Gasteiger partial charge >= 0.3 is 0 Å². The number of anilines is 1. The molecule has 0 unspecified atom stereocenters. The minimum Gasteiger partial charge on any atom is -0.369 e. The zero-order valence-electron chi connectivity index (χ0n) is 8.90. The Morgan fingerprint density at radius 1 is 1.62 bits per heavy atom. The fraction of sp³-hybridized carbons (Fsp3) is 0.300. The molecule has 1 aromatic carbocycles. The smallest absolute Gasteiger partial charge is 0.293 e. The van der Waals surface area contributed by atoms with Crippen LogP contribution in [0.1, 0.15) is 12.5 Å². The van der Waals surface area contributed by atoms with Gasteiger partial charge < -0.3 is 4.90 Å². The average Bonchev–Trinajstić information content (AvgIpc) is 2.27. The highest BCUT2D eigenvalue weighted by molar-refractivity contribution is 9.10. The third kappa shape index (κ3) is 2.31. The molecule has 84 valence electrons.